The first kappa shape index (κ1) is 20.1. The number of nitro groups is 1. The Labute approximate surface area is 152 Å². The minimum Gasteiger partial charge on any atom is -0.477 e. The number of hydrogen-bond donors (Lipinski definition) is 1. The van der Waals surface area contributed by atoms with Crippen molar-refractivity contribution in [3.63, 3.8) is 0 Å². The molecule has 2 rings (SSSR count). The number of carbonyl (C=O) groups is 1. The van der Waals surface area contributed by atoms with Crippen molar-refractivity contribution in [1.82, 2.24) is 9.62 Å². The lowest BCUT2D eigenvalue weighted by molar-refractivity contribution is -0.386. The molecule has 1 saturated heterocycles. The fourth-order valence-electron chi connectivity index (χ4n) is 2.56. The van der Waals surface area contributed by atoms with Crippen LogP contribution in [0.1, 0.15) is 33.1 Å². The number of amides is 1. The van der Waals surface area contributed by atoms with Gasteiger partial charge in [-0.2, -0.15) is 4.31 Å². The third kappa shape index (κ3) is 4.70. The number of ether oxygens (including phenoxy) is 1. The lowest BCUT2D eigenvalue weighted by Gasteiger charge is -2.16. The third-order valence-corrected chi connectivity index (χ3v) is 6.10. The van der Waals surface area contributed by atoms with Crippen LogP contribution in [0.2, 0.25) is 0 Å². The molecule has 1 aromatic carbocycles. The lowest BCUT2D eigenvalue weighted by atomic mass is 10.2. The highest BCUT2D eigenvalue weighted by Gasteiger charge is 2.30. The van der Waals surface area contributed by atoms with Gasteiger partial charge in [0, 0.05) is 25.2 Å². The van der Waals surface area contributed by atoms with Crippen LogP contribution in [0.4, 0.5) is 5.69 Å². The number of carbonyl (C=O) groups excluding carboxylic acids is 1. The van der Waals surface area contributed by atoms with Gasteiger partial charge >= 0.3 is 5.69 Å². The van der Waals surface area contributed by atoms with E-state index in [1.165, 1.54) is 16.4 Å². The number of sulfonamides is 1. The summed E-state index contributed by atoms with van der Waals surface area (Å²) in [6, 6.07) is 3.43. The Morgan fingerprint density at radius 2 is 2.04 bits per heavy atom. The molecule has 0 aromatic heterocycles. The van der Waals surface area contributed by atoms with Crippen LogP contribution in [-0.2, 0) is 14.8 Å². The molecule has 1 fully saturated rings. The minimum atomic E-state index is -3.77. The van der Waals surface area contributed by atoms with Crippen molar-refractivity contribution in [2.45, 2.75) is 44.0 Å². The molecule has 144 valence electrons. The van der Waals surface area contributed by atoms with Gasteiger partial charge in [0.05, 0.1) is 9.82 Å². The van der Waals surface area contributed by atoms with E-state index in [4.69, 9.17) is 4.74 Å². The van der Waals surface area contributed by atoms with Gasteiger partial charge in [0.25, 0.3) is 5.91 Å². The van der Waals surface area contributed by atoms with E-state index >= 15 is 0 Å². The van der Waals surface area contributed by atoms with E-state index in [9.17, 15) is 23.3 Å². The van der Waals surface area contributed by atoms with Crippen LogP contribution in [-0.4, -0.2) is 49.3 Å². The average Bonchev–Trinajstić information content (AvgIpc) is 3.15. The first-order chi connectivity index (χ1) is 12.3. The van der Waals surface area contributed by atoms with Crippen LogP contribution in [0.3, 0.4) is 0 Å². The molecule has 1 heterocycles. The molecule has 1 aliphatic rings. The fraction of sp³-hybridized carbons (Fsp3) is 0.562. The summed E-state index contributed by atoms with van der Waals surface area (Å²) in [7, 11) is -3.77. The summed E-state index contributed by atoms with van der Waals surface area (Å²) in [4.78, 5) is 22.2. The molecule has 0 aliphatic carbocycles. The number of nitrogens with zero attached hydrogens (tertiary/aromatic N) is 2. The van der Waals surface area contributed by atoms with E-state index in [-0.39, 0.29) is 23.3 Å². The molecular weight excluding hydrogens is 362 g/mol. The maximum Gasteiger partial charge on any atom is 0.312 e. The Kier molecular flexibility index (Phi) is 6.54. The second kappa shape index (κ2) is 8.45. The highest BCUT2D eigenvalue weighted by atomic mass is 32.2. The molecule has 1 amide bonds. The molecule has 0 spiro atoms. The van der Waals surface area contributed by atoms with E-state index < -0.39 is 26.5 Å². The van der Waals surface area contributed by atoms with E-state index in [1.807, 2.05) is 13.8 Å². The summed E-state index contributed by atoms with van der Waals surface area (Å²) in [6.45, 7) is 4.17. The Morgan fingerprint density at radius 1 is 1.38 bits per heavy atom. The summed E-state index contributed by atoms with van der Waals surface area (Å²) in [5.74, 6) is -0.544. The van der Waals surface area contributed by atoms with Crippen molar-refractivity contribution < 1.29 is 22.9 Å². The summed E-state index contributed by atoms with van der Waals surface area (Å²) in [5, 5.41) is 14.0. The van der Waals surface area contributed by atoms with Gasteiger partial charge in [-0.25, -0.2) is 8.42 Å². The second-order valence-electron chi connectivity index (χ2n) is 6.16. The zero-order chi connectivity index (χ0) is 19.3. The molecule has 0 saturated carbocycles. The summed E-state index contributed by atoms with van der Waals surface area (Å²) in [5.41, 5.74) is -0.485. The van der Waals surface area contributed by atoms with Crippen molar-refractivity contribution in [1.29, 1.82) is 0 Å². The van der Waals surface area contributed by atoms with E-state index in [1.54, 1.807) is 0 Å². The van der Waals surface area contributed by atoms with Gasteiger partial charge in [-0.1, -0.05) is 6.92 Å². The zero-order valence-electron chi connectivity index (χ0n) is 14.8. The van der Waals surface area contributed by atoms with Gasteiger partial charge in [0.1, 0.15) is 0 Å². The maximum atomic E-state index is 12.5. The van der Waals surface area contributed by atoms with Crippen molar-refractivity contribution in [3.05, 3.63) is 28.3 Å². The number of hydrogen-bond acceptors (Lipinski definition) is 6. The van der Waals surface area contributed by atoms with Crippen LogP contribution in [0.15, 0.2) is 23.1 Å². The minimum absolute atomic E-state index is 0.0333. The first-order valence-corrected chi connectivity index (χ1v) is 9.90. The molecule has 0 unspecified atom stereocenters. The number of rotatable bonds is 8. The zero-order valence-corrected chi connectivity index (χ0v) is 15.6. The van der Waals surface area contributed by atoms with Gasteiger partial charge < -0.3 is 10.1 Å². The van der Waals surface area contributed by atoms with Crippen LogP contribution >= 0.6 is 0 Å². The molecule has 1 aliphatic heterocycles. The molecule has 0 bridgehead atoms. The Balaban J connectivity index is 2.18. The normalized spacial score (nSPS) is 16.2. The topological polar surface area (TPSA) is 119 Å². The molecule has 1 atom stereocenters. The van der Waals surface area contributed by atoms with Crippen molar-refractivity contribution in [3.8, 4) is 5.75 Å². The van der Waals surface area contributed by atoms with Crippen LogP contribution in [0.25, 0.3) is 0 Å². The molecule has 26 heavy (non-hydrogen) atoms. The Hall–Kier alpha value is -2.20. The Bertz CT molecular complexity index is 774. The van der Waals surface area contributed by atoms with Crippen LogP contribution < -0.4 is 10.1 Å². The van der Waals surface area contributed by atoms with Gasteiger partial charge in [0.2, 0.25) is 10.0 Å². The predicted octanol–water partition coefficient (Wildman–Crippen LogP) is 1.67. The number of nitrogens with one attached hydrogen (secondary N) is 1. The smallest absolute Gasteiger partial charge is 0.312 e. The average molecular weight is 385 g/mol. The molecular formula is C16H23N3O6S. The number of benzene rings is 1. The number of nitro benzene ring substituents is 1. The summed E-state index contributed by atoms with van der Waals surface area (Å²) in [6.07, 6.45) is 2.29. The largest absolute Gasteiger partial charge is 0.477 e. The summed E-state index contributed by atoms with van der Waals surface area (Å²) < 4.78 is 31.6. The molecule has 1 N–H and O–H groups in total. The van der Waals surface area contributed by atoms with E-state index in [0.29, 0.717) is 13.1 Å². The highest BCUT2D eigenvalue weighted by Crippen LogP contribution is 2.31. The summed E-state index contributed by atoms with van der Waals surface area (Å²) >= 11 is 0. The lowest BCUT2D eigenvalue weighted by Crippen LogP contribution is -2.35. The second-order valence-corrected chi connectivity index (χ2v) is 8.10. The first-order valence-electron chi connectivity index (χ1n) is 8.46. The third-order valence-electron chi connectivity index (χ3n) is 4.21. The van der Waals surface area contributed by atoms with Gasteiger partial charge in [0.15, 0.2) is 12.4 Å². The fourth-order valence-corrected chi connectivity index (χ4v) is 4.10. The van der Waals surface area contributed by atoms with Gasteiger partial charge in [-0.15, -0.1) is 0 Å². The van der Waals surface area contributed by atoms with Gasteiger partial charge in [-0.05, 0) is 38.3 Å². The predicted molar refractivity (Wildman–Crippen MR) is 94.5 cm³/mol. The van der Waals surface area contributed by atoms with Crippen molar-refractivity contribution >= 4 is 21.6 Å². The Morgan fingerprint density at radius 3 is 2.62 bits per heavy atom. The standard InChI is InChI=1S/C16H23N3O6S/c1-3-12(2)17-16(20)11-25-15-7-6-13(10-14(15)19(21)22)26(23,24)18-8-4-5-9-18/h6-7,10,12H,3-5,8-9,11H2,1-2H3,(H,17,20)/t12-/m1/s1. The van der Waals surface area contributed by atoms with E-state index in [0.717, 1.165) is 25.3 Å². The van der Waals surface area contributed by atoms with Crippen molar-refractivity contribution in [2.75, 3.05) is 19.7 Å². The molecule has 9 nitrogen and oxygen atoms in total. The molecule has 10 heteroatoms. The quantitative estimate of drug-likeness (QED) is 0.537. The van der Waals surface area contributed by atoms with Gasteiger partial charge in [-0.3, -0.25) is 14.9 Å². The molecule has 0 radical (unpaired) electrons. The van der Waals surface area contributed by atoms with Crippen LogP contribution in [0.5, 0.6) is 5.75 Å². The maximum absolute atomic E-state index is 12.5. The highest BCUT2D eigenvalue weighted by molar-refractivity contribution is 7.89. The van der Waals surface area contributed by atoms with Crippen LogP contribution in [0, 0.1) is 10.1 Å². The SMILES string of the molecule is CC[C@@H](C)NC(=O)COc1ccc(S(=O)(=O)N2CCCC2)cc1[N+](=O)[O-]. The van der Waals surface area contributed by atoms with Crippen molar-refractivity contribution in [2.24, 2.45) is 0 Å². The van der Waals surface area contributed by atoms with E-state index in [2.05, 4.69) is 5.32 Å². The molecule has 1 aromatic rings. The monoisotopic (exact) mass is 385 g/mol.